The van der Waals surface area contributed by atoms with E-state index in [0.29, 0.717) is 5.92 Å². The normalized spacial score (nSPS) is 18.8. The van der Waals surface area contributed by atoms with Gasteiger partial charge in [-0.25, -0.2) is 15.0 Å². The maximum absolute atomic E-state index is 4.57. The molecule has 5 nitrogen and oxygen atoms in total. The summed E-state index contributed by atoms with van der Waals surface area (Å²) in [5, 5.41) is 0. The summed E-state index contributed by atoms with van der Waals surface area (Å²) in [6.07, 6.45) is 6.31. The lowest BCUT2D eigenvalue weighted by Crippen LogP contribution is -2.21. The highest BCUT2D eigenvalue weighted by Crippen LogP contribution is 2.27. The van der Waals surface area contributed by atoms with Gasteiger partial charge in [-0.15, -0.1) is 0 Å². The largest absolute Gasteiger partial charge is 0.355 e. The van der Waals surface area contributed by atoms with E-state index in [1.165, 1.54) is 0 Å². The van der Waals surface area contributed by atoms with Gasteiger partial charge in [-0.3, -0.25) is 4.98 Å². The van der Waals surface area contributed by atoms with Gasteiger partial charge in [0.1, 0.15) is 11.6 Å². The van der Waals surface area contributed by atoms with E-state index in [1.54, 1.807) is 12.4 Å². The standard InChI is InChI=1S/C14H17N5/c1-10-7-11(2)18-14(17-10)12-3-6-19(9-12)13-8-15-4-5-16-13/h4-5,7-8,12H,3,6,9H2,1-2H3. The molecule has 1 atom stereocenters. The van der Waals surface area contributed by atoms with Crippen molar-refractivity contribution in [3.63, 3.8) is 0 Å². The molecule has 5 heteroatoms. The van der Waals surface area contributed by atoms with Gasteiger partial charge in [0.15, 0.2) is 0 Å². The Hall–Kier alpha value is -2.04. The molecular weight excluding hydrogens is 238 g/mol. The van der Waals surface area contributed by atoms with Crippen molar-refractivity contribution in [1.29, 1.82) is 0 Å². The number of rotatable bonds is 2. The third-order valence-corrected chi connectivity index (χ3v) is 3.43. The van der Waals surface area contributed by atoms with Crippen LogP contribution >= 0.6 is 0 Å². The highest BCUT2D eigenvalue weighted by Gasteiger charge is 2.27. The minimum absolute atomic E-state index is 0.389. The summed E-state index contributed by atoms with van der Waals surface area (Å²) in [7, 11) is 0. The Bertz CT molecular complexity index is 549. The molecule has 3 rings (SSSR count). The fraction of sp³-hybridized carbons (Fsp3) is 0.429. The highest BCUT2D eigenvalue weighted by atomic mass is 15.2. The number of nitrogens with zero attached hydrogens (tertiary/aromatic N) is 5. The molecule has 3 heterocycles. The Balaban J connectivity index is 1.79. The third kappa shape index (κ3) is 2.54. The van der Waals surface area contributed by atoms with E-state index in [0.717, 1.165) is 42.5 Å². The Morgan fingerprint density at radius 2 is 1.95 bits per heavy atom. The first kappa shape index (κ1) is 12.0. The third-order valence-electron chi connectivity index (χ3n) is 3.43. The highest BCUT2D eigenvalue weighted by molar-refractivity contribution is 5.37. The summed E-state index contributed by atoms with van der Waals surface area (Å²) >= 11 is 0. The van der Waals surface area contributed by atoms with Gasteiger partial charge in [0.25, 0.3) is 0 Å². The molecule has 0 bridgehead atoms. The van der Waals surface area contributed by atoms with Crippen LogP contribution in [0.5, 0.6) is 0 Å². The van der Waals surface area contributed by atoms with E-state index in [1.807, 2.05) is 26.1 Å². The van der Waals surface area contributed by atoms with Crippen molar-refractivity contribution >= 4 is 5.82 Å². The second-order valence-corrected chi connectivity index (χ2v) is 5.00. The molecule has 0 N–H and O–H groups in total. The Labute approximate surface area is 112 Å². The molecule has 2 aromatic heterocycles. The predicted molar refractivity (Wildman–Crippen MR) is 73.1 cm³/mol. The van der Waals surface area contributed by atoms with Crippen LogP contribution in [0.3, 0.4) is 0 Å². The zero-order chi connectivity index (χ0) is 13.2. The molecule has 1 fully saturated rings. The first-order chi connectivity index (χ1) is 9.22. The van der Waals surface area contributed by atoms with E-state index < -0.39 is 0 Å². The lowest BCUT2D eigenvalue weighted by molar-refractivity contribution is 0.698. The molecule has 2 aromatic rings. The number of aryl methyl sites for hydroxylation is 2. The van der Waals surface area contributed by atoms with E-state index >= 15 is 0 Å². The lowest BCUT2D eigenvalue weighted by Gasteiger charge is -2.16. The Morgan fingerprint density at radius 1 is 1.16 bits per heavy atom. The Kier molecular flexibility index (Phi) is 3.11. The summed E-state index contributed by atoms with van der Waals surface area (Å²) in [4.78, 5) is 19.9. The second-order valence-electron chi connectivity index (χ2n) is 5.00. The van der Waals surface area contributed by atoms with Gasteiger partial charge in [-0.1, -0.05) is 0 Å². The van der Waals surface area contributed by atoms with Crippen LogP contribution in [-0.4, -0.2) is 33.0 Å². The first-order valence-corrected chi connectivity index (χ1v) is 6.55. The van der Waals surface area contributed by atoms with Gasteiger partial charge in [0, 0.05) is 42.8 Å². The smallest absolute Gasteiger partial charge is 0.147 e. The fourth-order valence-electron chi connectivity index (χ4n) is 2.57. The number of hydrogen-bond donors (Lipinski definition) is 0. The summed E-state index contributed by atoms with van der Waals surface area (Å²) in [6, 6.07) is 2.01. The molecule has 1 unspecified atom stereocenters. The van der Waals surface area contributed by atoms with Crippen LogP contribution in [0, 0.1) is 13.8 Å². The quantitative estimate of drug-likeness (QED) is 0.820. The van der Waals surface area contributed by atoms with Crippen molar-refractivity contribution in [3.8, 4) is 0 Å². The number of aromatic nitrogens is 4. The van der Waals surface area contributed by atoms with Crippen molar-refractivity contribution in [2.24, 2.45) is 0 Å². The molecule has 0 radical (unpaired) electrons. The molecule has 98 valence electrons. The van der Waals surface area contributed by atoms with Crippen molar-refractivity contribution in [2.75, 3.05) is 18.0 Å². The molecule has 1 aliphatic rings. The summed E-state index contributed by atoms with van der Waals surface area (Å²) in [5.74, 6) is 2.29. The zero-order valence-corrected chi connectivity index (χ0v) is 11.2. The molecule has 0 amide bonds. The van der Waals surface area contributed by atoms with Crippen molar-refractivity contribution < 1.29 is 0 Å². The van der Waals surface area contributed by atoms with Crippen LogP contribution in [0.4, 0.5) is 5.82 Å². The molecule has 0 saturated carbocycles. The summed E-state index contributed by atoms with van der Waals surface area (Å²) in [5.41, 5.74) is 2.08. The van der Waals surface area contributed by atoms with Crippen molar-refractivity contribution in [3.05, 3.63) is 41.9 Å². The van der Waals surface area contributed by atoms with E-state index in [-0.39, 0.29) is 0 Å². The Morgan fingerprint density at radius 3 is 2.63 bits per heavy atom. The molecule has 1 saturated heterocycles. The summed E-state index contributed by atoms with van der Waals surface area (Å²) in [6.45, 7) is 5.95. The average Bonchev–Trinajstić information content (AvgIpc) is 2.88. The minimum Gasteiger partial charge on any atom is -0.355 e. The van der Waals surface area contributed by atoms with Gasteiger partial charge in [-0.2, -0.15) is 0 Å². The van der Waals surface area contributed by atoms with E-state index in [4.69, 9.17) is 0 Å². The topological polar surface area (TPSA) is 54.8 Å². The van der Waals surface area contributed by atoms with Crippen LogP contribution in [0.1, 0.15) is 29.6 Å². The van der Waals surface area contributed by atoms with Gasteiger partial charge in [0.2, 0.25) is 0 Å². The zero-order valence-electron chi connectivity index (χ0n) is 11.2. The second kappa shape index (κ2) is 4.91. The number of anilines is 1. The van der Waals surface area contributed by atoms with Crippen LogP contribution in [0.25, 0.3) is 0 Å². The SMILES string of the molecule is Cc1cc(C)nc(C2CCN(c3cnccn3)C2)n1. The predicted octanol–water partition coefficient (Wildman–Crippen LogP) is 1.88. The monoisotopic (exact) mass is 255 g/mol. The van der Waals surface area contributed by atoms with Gasteiger partial charge in [-0.05, 0) is 26.3 Å². The van der Waals surface area contributed by atoms with Gasteiger partial charge < -0.3 is 4.90 Å². The minimum atomic E-state index is 0.389. The fourth-order valence-corrected chi connectivity index (χ4v) is 2.57. The van der Waals surface area contributed by atoms with Crippen LogP contribution in [0.15, 0.2) is 24.7 Å². The first-order valence-electron chi connectivity index (χ1n) is 6.55. The molecule has 0 spiro atoms. The molecular formula is C14H17N5. The van der Waals surface area contributed by atoms with Crippen LogP contribution in [0.2, 0.25) is 0 Å². The molecule has 19 heavy (non-hydrogen) atoms. The van der Waals surface area contributed by atoms with Crippen LogP contribution < -0.4 is 4.90 Å². The maximum Gasteiger partial charge on any atom is 0.147 e. The van der Waals surface area contributed by atoms with Crippen LogP contribution in [-0.2, 0) is 0 Å². The number of hydrogen-bond acceptors (Lipinski definition) is 5. The molecule has 0 aromatic carbocycles. The van der Waals surface area contributed by atoms with Crippen molar-refractivity contribution in [1.82, 2.24) is 19.9 Å². The van der Waals surface area contributed by atoms with Gasteiger partial charge in [0.05, 0.1) is 6.20 Å². The van der Waals surface area contributed by atoms with E-state index in [2.05, 4.69) is 24.8 Å². The van der Waals surface area contributed by atoms with Crippen molar-refractivity contribution in [2.45, 2.75) is 26.2 Å². The van der Waals surface area contributed by atoms with E-state index in [9.17, 15) is 0 Å². The van der Waals surface area contributed by atoms with Gasteiger partial charge >= 0.3 is 0 Å². The lowest BCUT2D eigenvalue weighted by atomic mass is 10.1. The summed E-state index contributed by atoms with van der Waals surface area (Å²) < 4.78 is 0. The average molecular weight is 255 g/mol. The molecule has 1 aliphatic heterocycles. The maximum atomic E-state index is 4.57. The molecule has 0 aliphatic carbocycles.